The lowest BCUT2D eigenvalue weighted by Crippen LogP contribution is -1.91. The predicted octanol–water partition coefficient (Wildman–Crippen LogP) is 3.10. The fraction of sp³-hybridized carbons (Fsp3) is 0.154. The Morgan fingerprint density at radius 1 is 1.33 bits per heavy atom. The summed E-state index contributed by atoms with van der Waals surface area (Å²) in [5.41, 5.74) is 7.38. The van der Waals surface area contributed by atoms with Crippen LogP contribution >= 0.6 is 11.8 Å². The lowest BCUT2D eigenvalue weighted by Gasteiger charge is -2.07. The van der Waals surface area contributed by atoms with Gasteiger partial charge in [0.2, 0.25) is 0 Å². The van der Waals surface area contributed by atoms with Crippen molar-refractivity contribution in [2.75, 3.05) is 12.8 Å². The van der Waals surface area contributed by atoms with E-state index in [2.05, 4.69) is 4.98 Å². The molecule has 2 N–H and O–H groups in total. The molecule has 0 amide bonds. The molecule has 0 aliphatic carbocycles. The Balaban J connectivity index is 2.10. The number of nitrogen functional groups attached to an aromatic ring is 1. The van der Waals surface area contributed by atoms with Crippen LogP contribution in [0.2, 0.25) is 0 Å². The monoisotopic (exact) mass is 264 g/mol. The quantitative estimate of drug-likeness (QED) is 0.681. The third kappa shape index (κ3) is 3.13. The molecule has 0 saturated heterocycles. The van der Waals surface area contributed by atoms with Gasteiger partial charge >= 0.3 is 0 Å². The number of nitrogens with zero attached hydrogens (tertiary/aromatic N) is 1. The summed E-state index contributed by atoms with van der Waals surface area (Å²) < 4.78 is 18.1. The van der Waals surface area contributed by atoms with Crippen LogP contribution in [0.25, 0.3) is 0 Å². The van der Waals surface area contributed by atoms with Gasteiger partial charge in [0.15, 0.2) is 0 Å². The van der Waals surface area contributed by atoms with E-state index in [0.717, 1.165) is 16.2 Å². The fourth-order valence-electron chi connectivity index (χ4n) is 1.46. The highest BCUT2D eigenvalue weighted by molar-refractivity contribution is 7.98. The summed E-state index contributed by atoms with van der Waals surface area (Å²) in [6.45, 7) is 0. The van der Waals surface area contributed by atoms with E-state index in [1.807, 2.05) is 12.1 Å². The van der Waals surface area contributed by atoms with Crippen LogP contribution in [-0.2, 0) is 5.75 Å². The first-order valence-corrected chi connectivity index (χ1v) is 6.33. The van der Waals surface area contributed by atoms with E-state index in [-0.39, 0.29) is 5.82 Å². The molecule has 1 aromatic carbocycles. The van der Waals surface area contributed by atoms with E-state index in [4.69, 9.17) is 10.5 Å². The second-order valence-corrected chi connectivity index (χ2v) is 4.72. The maximum atomic E-state index is 13.0. The van der Waals surface area contributed by atoms with E-state index in [1.165, 1.54) is 24.0 Å². The topological polar surface area (TPSA) is 48.1 Å². The maximum Gasteiger partial charge on any atom is 0.141 e. The Morgan fingerprint density at radius 3 is 2.89 bits per heavy atom. The molecule has 94 valence electrons. The van der Waals surface area contributed by atoms with Crippen LogP contribution in [0.3, 0.4) is 0 Å². The van der Waals surface area contributed by atoms with Crippen molar-refractivity contribution in [3.05, 3.63) is 48.0 Å². The first kappa shape index (κ1) is 12.7. The largest absolute Gasteiger partial charge is 0.497 e. The molecule has 0 saturated carbocycles. The van der Waals surface area contributed by atoms with Gasteiger partial charge in [0.25, 0.3) is 0 Å². The zero-order valence-corrected chi connectivity index (χ0v) is 10.7. The molecule has 1 aromatic heterocycles. The van der Waals surface area contributed by atoms with Crippen molar-refractivity contribution in [3.8, 4) is 5.75 Å². The number of methoxy groups -OCH3 is 1. The van der Waals surface area contributed by atoms with Crippen LogP contribution in [0.5, 0.6) is 5.75 Å². The van der Waals surface area contributed by atoms with Gasteiger partial charge in [-0.1, -0.05) is 0 Å². The summed E-state index contributed by atoms with van der Waals surface area (Å²) in [5, 5.41) is 0. The number of pyridine rings is 1. The molecule has 18 heavy (non-hydrogen) atoms. The SMILES string of the molecule is COc1ccc(N)c(SCc2cncc(F)c2)c1. The van der Waals surface area contributed by atoms with Crippen LogP contribution in [0.1, 0.15) is 5.56 Å². The third-order valence-electron chi connectivity index (χ3n) is 2.38. The Bertz CT molecular complexity index is 548. The number of anilines is 1. The lowest BCUT2D eigenvalue weighted by atomic mass is 10.3. The summed E-state index contributed by atoms with van der Waals surface area (Å²) in [5.74, 6) is 1.04. The smallest absolute Gasteiger partial charge is 0.141 e. The number of benzene rings is 1. The standard InChI is InChI=1S/C13H13FN2OS/c1-17-11-2-3-12(15)13(5-11)18-8-9-4-10(14)7-16-6-9/h2-7H,8,15H2,1H3. The molecule has 2 aromatic rings. The highest BCUT2D eigenvalue weighted by Crippen LogP contribution is 2.31. The lowest BCUT2D eigenvalue weighted by molar-refractivity contribution is 0.414. The molecule has 0 aliphatic heterocycles. The Labute approximate surface area is 109 Å². The van der Waals surface area contributed by atoms with E-state index in [9.17, 15) is 4.39 Å². The number of ether oxygens (including phenoxy) is 1. The summed E-state index contributed by atoms with van der Waals surface area (Å²) in [7, 11) is 1.61. The van der Waals surface area contributed by atoms with E-state index >= 15 is 0 Å². The number of hydrogen-bond acceptors (Lipinski definition) is 4. The minimum absolute atomic E-state index is 0.327. The number of hydrogen-bond donors (Lipinski definition) is 1. The number of thioether (sulfide) groups is 1. The van der Waals surface area contributed by atoms with Crippen molar-refractivity contribution in [1.29, 1.82) is 0 Å². The first-order chi connectivity index (χ1) is 8.69. The zero-order chi connectivity index (χ0) is 13.0. The van der Waals surface area contributed by atoms with Gasteiger partial charge in [0, 0.05) is 22.5 Å². The summed E-state index contributed by atoms with van der Waals surface area (Å²) in [6, 6.07) is 6.94. The predicted molar refractivity (Wildman–Crippen MR) is 71.2 cm³/mol. The molecule has 1 heterocycles. The van der Waals surface area contributed by atoms with Crippen molar-refractivity contribution in [2.24, 2.45) is 0 Å². The molecule has 0 atom stereocenters. The highest BCUT2D eigenvalue weighted by Gasteiger charge is 2.04. The fourth-order valence-corrected chi connectivity index (χ4v) is 2.38. The Hall–Kier alpha value is -1.75. The average Bonchev–Trinajstić information content (AvgIpc) is 2.38. The van der Waals surface area contributed by atoms with Gasteiger partial charge in [-0.05, 0) is 29.8 Å². The summed E-state index contributed by atoms with van der Waals surface area (Å²) in [6.07, 6.45) is 2.83. The Morgan fingerprint density at radius 2 is 2.17 bits per heavy atom. The number of rotatable bonds is 4. The van der Waals surface area contributed by atoms with Gasteiger partial charge in [-0.15, -0.1) is 11.8 Å². The summed E-state index contributed by atoms with van der Waals surface area (Å²) >= 11 is 1.53. The van der Waals surface area contributed by atoms with Crippen LogP contribution < -0.4 is 10.5 Å². The van der Waals surface area contributed by atoms with Crippen molar-refractivity contribution in [1.82, 2.24) is 4.98 Å². The Kier molecular flexibility index (Phi) is 4.04. The first-order valence-electron chi connectivity index (χ1n) is 5.35. The molecule has 0 aliphatic rings. The molecular formula is C13H13FN2OS. The van der Waals surface area contributed by atoms with Crippen molar-refractivity contribution >= 4 is 17.4 Å². The van der Waals surface area contributed by atoms with Gasteiger partial charge in [-0.25, -0.2) is 4.39 Å². The normalized spacial score (nSPS) is 10.3. The van der Waals surface area contributed by atoms with Crippen LogP contribution in [0, 0.1) is 5.82 Å². The van der Waals surface area contributed by atoms with Gasteiger partial charge in [0.05, 0.1) is 13.3 Å². The van der Waals surface area contributed by atoms with Gasteiger partial charge in [-0.3, -0.25) is 4.98 Å². The third-order valence-corrected chi connectivity index (χ3v) is 3.52. The van der Waals surface area contributed by atoms with Crippen LogP contribution in [0.4, 0.5) is 10.1 Å². The zero-order valence-electron chi connectivity index (χ0n) is 9.89. The van der Waals surface area contributed by atoms with Crippen molar-refractivity contribution in [2.45, 2.75) is 10.6 Å². The second-order valence-electron chi connectivity index (χ2n) is 3.70. The summed E-state index contributed by atoms with van der Waals surface area (Å²) in [4.78, 5) is 4.72. The van der Waals surface area contributed by atoms with Gasteiger partial charge in [0.1, 0.15) is 11.6 Å². The van der Waals surface area contributed by atoms with E-state index in [1.54, 1.807) is 19.4 Å². The van der Waals surface area contributed by atoms with Crippen molar-refractivity contribution < 1.29 is 9.13 Å². The van der Waals surface area contributed by atoms with E-state index in [0.29, 0.717) is 11.4 Å². The van der Waals surface area contributed by atoms with Gasteiger partial charge in [-0.2, -0.15) is 0 Å². The maximum absolute atomic E-state index is 13.0. The molecule has 0 bridgehead atoms. The molecular weight excluding hydrogens is 251 g/mol. The molecule has 0 radical (unpaired) electrons. The minimum Gasteiger partial charge on any atom is -0.497 e. The second kappa shape index (κ2) is 5.73. The number of aromatic nitrogens is 1. The van der Waals surface area contributed by atoms with Crippen LogP contribution in [0.15, 0.2) is 41.6 Å². The van der Waals surface area contributed by atoms with Gasteiger partial charge < -0.3 is 10.5 Å². The molecule has 0 spiro atoms. The minimum atomic E-state index is -0.327. The number of halogens is 1. The van der Waals surface area contributed by atoms with Crippen molar-refractivity contribution in [3.63, 3.8) is 0 Å². The number of nitrogens with two attached hydrogens (primary N) is 1. The highest BCUT2D eigenvalue weighted by atomic mass is 32.2. The molecule has 2 rings (SSSR count). The molecule has 0 unspecified atom stereocenters. The molecule has 3 nitrogen and oxygen atoms in total. The molecule has 5 heteroatoms. The molecule has 0 fully saturated rings. The van der Waals surface area contributed by atoms with Crippen LogP contribution in [-0.4, -0.2) is 12.1 Å². The average molecular weight is 264 g/mol. The van der Waals surface area contributed by atoms with E-state index < -0.39 is 0 Å².